The van der Waals surface area contributed by atoms with Crippen LogP contribution in [0.1, 0.15) is 11.1 Å². The molecular formula is C19H19FN2O2. The topological polar surface area (TPSA) is 41.6 Å². The first-order chi connectivity index (χ1) is 11.5. The number of hydrogen-bond donors (Lipinski definition) is 1. The van der Waals surface area contributed by atoms with E-state index in [0.717, 1.165) is 11.3 Å². The van der Waals surface area contributed by atoms with E-state index in [2.05, 4.69) is 16.0 Å². The van der Waals surface area contributed by atoms with Crippen molar-refractivity contribution in [3.05, 3.63) is 59.4 Å². The third kappa shape index (κ3) is 4.26. The van der Waals surface area contributed by atoms with Crippen LogP contribution in [0.4, 0.5) is 20.6 Å². The summed E-state index contributed by atoms with van der Waals surface area (Å²) in [7, 11) is 1.30. The zero-order valence-corrected chi connectivity index (χ0v) is 13.7. The van der Waals surface area contributed by atoms with Crippen molar-refractivity contribution < 1.29 is 13.9 Å². The van der Waals surface area contributed by atoms with Crippen molar-refractivity contribution in [2.75, 3.05) is 23.9 Å². The zero-order valence-electron chi connectivity index (χ0n) is 13.7. The van der Waals surface area contributed by atoms with Gasteiger partial charge in [0.2, 0.25) is 0 Å². The third-order valence-electron chi connectivity index (χ3n) is 3.54. The Bertz CT molecular complexity index is 768. The maximum Gasteiger partial charge on any atom is 0.411 e. The lowest BCUT2D eigenvalue weighted by Crippen LogP contribution is -2.25. The zero-order chi connectivity index (χ0) is 17.5. The summed E-state index contributed by atoms with van der Waals surface area (Å²) in [6, 6.07) is 12.3. The van der Waals surface area contributed by atoms with Crippen LogP contribution in [0.15, 0.2) is 42.5 Å². The number of ether oxygens (including phenoxy) is 1. The Labute approximate surface area is 141 Å². The number of methoxy groups -OCH3 is 1. The van der Waals surface area contributed by atoms with Gasteiger partial charge in [0.15, 0.2) is 0 Å². The van der Waals surface area contributed by atoms with E-state index in [1.165, 1.54) is 13.2 Å². The molecule has 5 heteroatoms. The van der Waals surface area contributed by atoms with Crippen LogP contribution in [0.25, 0.3) is 0 Å². The lowest BCUT2D eigenvalue weighted by atomic mass is 10.1. The first-order valence-corrected chi connectivity index (χ1v) is 7.42. The van der Waals surface area contributed by atoms with Gasteiger partial charge in [0.05, 0.1) is 25.0 Å². The number of carbonyl (C=O) groups excluding carboxylic acids is 1. The van der Waals surface area contributed by atoms with Crippen molar-refractivity contribution in [1.82, 2.24) is 0 Å². The smallest absolute Gasteiger partial charge is 0.411 e. The molecule has 0 bridgehead atoms. The second-order valence-corrected chi connectivity index (χ2v) is 5.28. The van der Waals surface area contributed by atoms with Crippen molar-refractivity contribution in [3.8, 4) is 12.3 Å². The van der Waals surface area contributed by atoms with E-state index < -0.39 is 6.09 Å². The number of anilines is 2. The third-order valence-corrected chi connectivity index (χ3v) is 3.54. The van der Waals surface area contributed by atoms with Crippen LogP contribution < -0.4 is 10.2 Å². The number of terminal acetylenes is 1. The summed E-state index contributed by atoms with van der Waals surface area (Å²) in [5.41, 5.74) is 2.87. The standard InChI is InChI=1S/C19H19FN2O2/c1-4-11-22(13-15-9-10-16(20)14(2)12-15)18-8-6-5-7-17(18)21-19(23)24-3/h1,5-10,12H,11,13H2,2-3H3,(H,21,23). The van der Waals surface area contributed by atoms with Gasteiger partial charge in [-0.25, -0.2) is 9.18 Å². The van der Waals surface area contributed by atoms with Crippen LogP contribution in [0.3, 0.4) is 0 Å². The predicted molar refractivity (Wildman–Crippen MR) is 93.5 cm³/mol. The monoisotopic (exact) mass is 326 g/mol. The van der Waals surface area contributed by atoms with Gasteiger partial charge in [-0.3, -0.25) is 5.32 Å². The van der Waals surface area contributed by atoms with Gasteiger partial charge < -0.3 is 9.64 Å². The van der Waals surface area contributed by atoms with Gasteiger partial charge in [0.25, 0.3) is 0 Å². The molecule has 24 heavy (non-hydrogen) atoms. The minimum absolute atomic E-state index is 0.241. The Balaban J connectivity index is 2.32. The molecule has 0 spiro atoms. The highest BCUT2D eigenvalue weighted by molar-refractivity contribution is 5.89. The van der Waals surface area contributed by atoms with Crippen LogP contribution in [0, 0.1) is 25.1 Å². The molecule has 1 amide bonds. The molecule has 1 N–H and O–H groups in total. The quantitative estimate of drug-likeness (QED) is 0.846. The van der Waals surface area contributed by atoms with Gasteiger partial charge in [0.1, 0.15) is 5.82 Å². The van der Waals surface area contributed by atoms with E-state index in [0.29, 0.717) is 24.3 Å². The summed E-state index contributed by atoms with van der Waals surface area (Å²) in [4.78, 5) is 13.4. The highest BCUT2D eigenvalue weighted by atomic mass is 19.1. The first kappa shape index (κ1) is 17.4. The Morgan fingerprint density at radius 1 is 1.33 bits per heavy atom. The normalized spacial score (nSPS) is 9.92. The molecule has 0 atom stereocenters. The molecular weight excluding hydrogens is 307 g/mol. The summed E-state index contributed by atoms with van der Waals surface area (Å²) in [5.74, 6) is 2.37. The van der Waals surface area contributed by atoms with Gasteiger partial charge in [-0.2, -0.15) is 0 Å². The van der Waals surface area contributed by atoms with Crippen molar-refractivity contribution in [2.45, 2.75) is 13.5 Å². The molecule has 0 aliphatic carbocycles. The van der Waals surface area contributed by atoms with Crippen molar-refractivity contribution in [3.63, 3.8) is 0 Å². The number of hydrogen-bond acceptors (Lipinski definition) is 3. The molecule has 0 saturated heterocycles. The molecule has 0 heterocycles. The Morgan fingerprint density at radius 3 is 2.75 bits per heavy atom. The molecule has 2 rings (SSSR count). The minimum atomic E-state index is -0.555. The molecule has 0 saturated carbocycles. The highest BCUT2D eigenvalue weighted by Crippen LogP contribution is 2.27. The van der Waals surface area contributed by atoms with E-state index in [4.69, 9.17) is 6.42 Å². The largest absolute Gasteiger partial charge is 0.453 e. The molecule has 4 nitrogen and oxygen atoms in total. The van der Waals surface area contributed by atoms with Gasteiger partial charge >= 0.3 is 6.09 Å². The molecule has 124 valence electrons. The number of nitrogens with zero attached hydrogens (tertiary/aromatic N) is 1. The lowest BCUT2D eigenvalue weighted by Gasteiger charge is -2.25. The molecule has 0 fully saturated rings. The van der Waals surface area contributed by atoms with Crippen molar-refractivity contribution >= 4 is 17.5 Å². The fraction of sp³-hybridized carbons (Fsp3) is 0.211. The lowest BCUT2D eigenvalue weighted by molar-refractivity contribution is 0.187. The van der Waals surface area contributed by atoms with Crippen LogP contribution in [-0.4, -0.2) is 19.7 Å². The summed E-state index contributed by atoms with van der Waals surface area (Å²) in [5, 5.41) is 2.67. The first-order valence-electron chi connectivity index (χ1n) is 7.42. The SMILES string of the molecule is C#CCN(Cc1ccc(F)c(C)c1)c1ccccc1NC(=O)OC. The number of aryl methyl sites for hydroxylation is 1. The molecule has 0 aliphatic heterocycles. The summed E-state index contributed by atoms with van der Waals surface area (Å²) in [6.07, 6.45) is 4.93. The number of carbonyl (C=O) groups is 1. The number of halogens is 1. The van der Waals surface area contributed by atoms with Gasteiger partial charge in [0, 0.05) is 6.54 Å². The second-order valence-electron chi connectivity index (χ2n) is 5.28. The number of nitrogens with one attached hydrogen (secondary N) is 1. The van der Waals surface area contributed by atoms with E-state index >= 15 is 0 Å². The highest BCUT2D eigenvalue weighted by Gasteiger charge is 2.13. The fourth-order valence-corrected chi connectivity index (χ4v) is 2.38. The van der Waals surface area contributed by atoms with E-state index in [1.807, 2.05) is 23.1 Å². The van der Waals surface area contributed by atoms with Gasteiger partial charge in [-0.1, -0.05) is 30.2 Å². The number of benzene rings is 2. The molecule has 0 aromatic heterocycles. The number of para-hydroxylation sites is 2. The number of amides is 1. The summed E-state index contributed by atoms with van der Waals surface area (Å²) in [6.45, 7) is 2.55. The maximum atomic E-state index is 13.4. The van der Waals surface area contributed by atoms with E-state index in [-0.39, 0.29) is 5.82 Å². The van der Waals surface area contributed by atoms with Crippen LogP contribution in [0.5, 0.6) is 0 Å². The Morgan fingerprint density at radius 2 is 2.08 bits per heavy atom. The summed E-state index contributed by atoms with van der Waals surface area (Å²) >= 11 is 0. The van der Waals surface area contributed by atoms with Crippen molar-refractivity contribution in [1.29, 1.82) is 0 Å². The average Bonchev–Trinajstić information content (AvgIpc) is 2.58. The van der Waals surface area contributed by atoms with E-state index in [1.54, 1.807) is 25.1 Å². The van der Waals surface area contributed by atoms with Crippen molar-refractivity contribution in [2.24, 2.45) is 0 Å². The van der Waals surface area contributed by atoms with Gasteiger partial charge in [-0.15, -0.1) is 6.42 Å². The average molecular weight is 326 g/mol. The predicted octanol–water partition coefficient (Wildman–Crippen LogP) is 3.95. The molecule has 0 radical (unpaired) electrons. The van der Waals surface area contributed by atoms with Crippen LogP contribution in [0.2, 0.25) is 0 Å². The fourth-order valence-electron chi connectivity index (χ4n) is 2.38. The molecule has 0 aliphatic rings. The molecule has 0 unspecified atom stereocenters. The summed E-state index contributed by atoms with van der Waals surface area (Å²) < 4.78 is 18.1. The molecule has 2 aromatic carbocycles. The van der Waals surface area contributed by atoms with Crippen LogP contribution >= 0.6 is 0 Å². The van der Waals surface area contributed by atoms with Gasteiger partial charge in [-0.05, 0) is 36.2 Å². The Hall–Kier alpha value is -3.00. The number of rotatable bonds is 5. The minimum Gasteiger partial charge on any atom is -0.453 e. The molecule has 2 aromatic rings. The van der Waals surface area contributed by atoms with E-state index in [9.17, 15) is 9.18 Å². The van der Waals surface area contributed by atoms with Crippen LogP contribution in [-0.2, 0) is 11.3 Å². The second kappa shape index (κ2) is 8.02. The maximum absolute atomic E-state index is 13.4. The Kier molecular flexibility index (Phi) is 5.80.